The van der Waals surface area contributed by atoms with Crippen molar-refractivity contribution in [2.45, 2.75) is 13.0 Å². The van der Waals surface area contributed by atoms with Gasteiger partial charge in [0.2, 0.25) is 0 Å². The first-order valence-electron chi connectivity index (χ1n) is 5.26. The molecule has 1 unspecified atom stereocenters. The molecule has 0 radical (unpaired) electrons. The largest absolute Gasteiger partial charge is 0.465 e. The van der Waals surface area contributed by atoms with Crippen LogP contribution in [0.5, 0.6) is 0 Å². The van der Waals surface area contributed by atoms with Gasteiger partial charge in [-0.1, -0.05) is 30.3 Å². The second-order valence-electron chi connectivity index (χ2n) is 3.72. The second-order valence-corrected chi connectivity index (χ2v) is 3.72. The minimum atomic E-state index is -1.06. The summed E-state index contributed by atoms with van der Waals surface area (Å²) in [5.74, 6) is 0.603. The number of rotatable bonds is 3. The molecular formula is C12H13N3O2. The smallest absolute Gasteiger partial charge is 0.405 e. The average molecular weight is 231 g/mol. The third-order valence-electron chi connectivity index (χ3n) is 2.43. The number of imidazole rings is 1. The van der Waals surface area contributed by atoms with Gasteiger partial charge in [-0.05, 0) is 12.5 Å². The predicted octanol–water partition coefficient (Wildman–Crippen LogP) is 2.41. The average Bonchev–Trinajstić information content (AvgIpc) is 2.78. The molecule has 0 aliphatic heterocycles. The second kappa shape index (κ2) is 4.69. The van der Waals surface area contributed by atoms with Gasteiger partial charge in [-0.15, -0.1) is 0 Å². The van der Waals surface area contributed by atoms with Crippen LogP contribution >= 0.6 is 0 Å². The molecule has 1 amide bonds. The van der Waals surface area contributed by atoms with E-state index < -0.39 is 6.09 Å². The summed E-state index contributed by atoms with van der Waals surface area (Å²) in [6.45, 7) is 1.74. The van der Waals surface area contributed by atoms with Gasteiger partial charge in [0.15, 0.2) is 0 Å². The van der Waals surface area contributed by atoms with Crippen molar-refractivity contribution in [2.75, 3.05) is 0 Å². The predicted molar refractivity (Wildman–Crippen MR) is 63.6 cm³/mol. The number of carboxylic acid groups (broad SMARTS) is 1. The summed E-state index contributed by atoms with van der Waals surface area (Å²) in [7, 11) is 0. The fourth-order valence-corrected chi connectivity index (χ4v) is 1.57. The maximum Gasteiger partial charge on any atom is 0.405 e. The van der Waals surface area contributed by atoms with E-state index in [0.717, 1.165) is 11.3 Å². The Hall–Kier alpha value is -2.30. The van der Waals surface area contributed by atoms with Crippen molar-refractivity contribution in [3.05, 3.63) is 42.4 Å². The highest BCUT2D eigenvalue weighted by molar-refractivity contribution is 5.65. The topological polar surface area (TPSA) is 78.0 Å². The number of benzene rings is 1. The highest BCUT2D eigenvalue weighted by Gasteiger charge is 2.12. The van der Waals surface area contributed by atoms with Gasteiger partial charge in [-0.3, -0.25) is 0 Å². The first kappa shape index (κ1) is 11.2. The molecule has 3 N–H and O–H groups in total. The van der Waals surface area contributed by atoms with Gasteiger partial charge in [0.25, 0.3) is 0 Å². The van der Waals surface area contributed by atoms with Crippen molar-refractivity contribution in [2.24, 2.45) is 0 Å². The van der Waals surface area contributed by atoms with E-state index in [4.69, 9.17) is 5.11 Å². The van der Waals surface area contributed by atoms with Crippen LogP contribution < -0.4 is 5.32 Å². The van der Waals surface area contributed by atoms with Crippen molar-refractivity contribution in [1.82, 2.24) is 15.3 Å². The van der Waals surface area contributed by atoms with E-state index in [1.807, 2.05) is 30.3 Å². The molecule has 0 saturated carbocycles. The number of aromatic amines is 1. The van der Waals surface area contributed by atoms with Crippen molar-refractivity contribution in [1.29, 1.82) is 0 Å². The van der Waals surface area contributed by atoms with Crippen LogP contribution in [0.2, 0.25) is 0 Å². The van der Waals surface area contributed by atoms with Crippen LogP contribution in [0.4, 0.5) is 4.79 Å². The number of hydrogen-bond acceptors (Lipinski definition) is 2. The molecule has 1 atom stereocenters. The minimum absolute atomic E-state index is 0.357. The first-order valence-corrected chi connectivity index (χ1v) is 5.26. The van der Waals surface area contributed by atoms with Crippen LogP contribution in [-0.4, -0.2) is 21.2 Å². The van der Waals surface area contributed by atoms with E-state index in [1.54, 1.807) is 13.1 Å². The number of amides is 1. The Morgan fingerprint density at radius 1 is 1.41 bits per heavy atom. The lowest BCUT2D eigenvalue weighted by atomic mass is 10.2. The minimum Gasteiger partial charge on any atom is -0.465 e. The molecule has 0 aliphatic rings. The summed E-state index contributed by atoms with van der Waals surface area (Å²) >= 11 is 0. The van der Waals surface area contributed by atoms with Gasteiger partial charge in [-0.25, -0.2) is 9.78 Å². The normalized spacial score (nSPS) is 12.1. The maximum atomic E-state index is 10.5. The molecule has 5 nitrogen and oxygen atoms in total. The number of carbonyl (C=O) groups is 1. The van der Waals surface area contributed by atoms with E-state index in [0.29, 0.717) is 5.82 Å². The quantitative estimate of drug-likeness (QED) is 0.759. The van der Waals surface area contributed by atoms with Gasteiger partial charge in [-0.2, -0.15) is 0 Å². The molecule has 5 heteroatoms. The zero-order valence-corrected chi connectivity index (χ0v) is 9.34. The third kappa shape index (κ3) is 2.63. The fraction of sp³-hybridized carbons (Fsp3) is 0.167. The lowest BCUT2D eigenvalue weighted by molar-refractivity contribution is 0.190. The van der Waals surface area contributed by atoms with Crippen LogP contribution in [0, 0.1) is 0 Å². The first-order chi connectivity index (χ1) is 8.16. The molecule has 0 aliphatic carbocycles. The Balaban J connectivity index is 2.19. The zero-order valence-electron chi connectivity index (χ0n) is 9.34. The lowest BCUT2D eigenvalue weighted by Gasteiger charge is -2.07. The highest BCUT2D eigenvalue weighted by atomic mass is 16.4. The number of nitrogens with zero attached hydrogens (tertiary/aromatic N) is 1. The molecule has 0 fully saturated rings. The van der Waals surface area contributed by atoms with Gasteiger partial charge < -0.3 is 15.4 Å². The van der Waals surface area contributed by atoms with Gasteiger partial charge >= 0.3 is 6.09 Å². The summed E-state index contributed by atoms with van der Waals surface area (Å²) in [5.41, 5.74) is 1.90. The molecule has 0 bridgehead atoms. The molecule has 88 valence electrons. The molecule has 0 saturated heterocycles. The monoisotopic (exact) mass is 231 g/mol. The van der Waals surface area contributed by atoms with Crippen LogP contribution in [0.3, 0.4) is 0 Å². The highest BCUT2D eigenvalue weighted by Crippen LogP contribution is 2.18. The molecule has 2 aromatic rings. The molecule has 0 spiro atoms. The maximum absolute atomic E-state index is 10.5. The van der Waals surface area contributed by atoms with E-state index in [1.165, 1.54) is 0 Å². The summed E-state index contributed by atoms with van der Waals surface area (Å²) in [6.07, 6.45) is 0.639. The Labute approximate surface area is 98.5 Å². The Bertz CT molecular complexity index is 507. The summed E-state index contributed by atoms with van der Waals surface area (Å²) in [5, 5.41) is 11.0. The standard InChI is InChI=1S/C12H13N3O2/c1-8(14-12(16)17)11-13-7-10(15-11)9-5-3-2-4-6-9/h2-8,14H,1H3,(H,13,15)(H,16,17). The van der Waals surface area contributed by atoms with E-state index in [-0.39, 0.29) is 6.04 Å². The molecule has 2 rings (SSSR count). The van der Waals surface area contributed by atoms with Crippen molar-refractivity contribution in [3.63, 3.8) is 0 Å². The lowest BCUT2D eigenvalue weighted by Crippen LogP contribution is -2.25. The zero-order chi connectivity index (χ0) is 12.3. The number of nitrogens with one attached hydrogen (secondary N) is 2. The number of aromatic nitrogens is 2. The third-order valence-corrected chi connectivity index (χ3v) is 2.43. The fourth-order valence-electron chi connectivity index (χ4n) is 1.57. The van der Waals surface area contributed by atoms with Crippen molar-refractivity contribution < 1.29 is 9.90 Å². The molecule has 1 aromatic carbocycles. The summed E-state index contributed by atoms with van der Waals surface area (Å²) < 4.78 is 0. The van der Waals surface area contributed by atoms with E-state index >= 15 is 0 Å². The SMILES string of the molecule is CC(NC(=O)O)c1ncc(-c2ccccc2)[nH]1. The number of hydrogen-bond donors (Lipinski definition) is 3. The van der Waals surface area contributed by atoms with Gasteiger partial charge in [0.1, 0.15) is 5.82 Å². The van der Waals surface area contributed by atoms with Crippen LogP contribution in [0.15, 0.2) is 36.5 Å². The van der Waals surface area contributed by atoms with Crippen LogP contribution in [0.25, 0.3) is 11.3 Å². The molecular weight excluding hydrogens is 218 g/mol. The Morgan fingerprint density at radius 3 is 2.76 bits per heavy atom. The van der Waals surface area contributed by atoms with Crippen LogP contribution in [0.1, 0.15) is 18.8 Å². The van der Waals surface area contributed by atoms with Crippen molar-refractivity contribution >= 4 is 6.09 Å². The van der Waals surface area contributed by atoms with Gasteiger partial charge in [0.05, 0.1) is 17.9 Å². The molecule has 1 heterocycles. The van der Waals surface area contributed by atoms with E-state index in [9.17, 15) is 4.79 Å². The summed E-state index contributed by atoms with van der Waals surface area (Å²) in [6, 6.07) is 9.39. The van der Waals surface area contributed by atoms with Crippen LogP contribution in [-0.2, 0) is 0 Å². The van der Waals surface area contributed by atoms with E-state index in [2.05, 4.69) is 15.3 Å². The molecule has 17 heavy (non-hydrogen) atoms. The summed E-state index contributed by atoms with van der Waals surface area (Å²) in [4.78, 5) is 17.8. The van der Waals surface area contributed by atoms with Crippen molar-refractivity contribution in [3.8, 4) is 11.3 Å². The Morgan fingerprint density at radius 2 is 2.12 bits per heavy atom. The Kier molecular flexibility index (Phi) is 3.09. The van der Waals surface area contributed by atoms with Gasteiger partial charge in [0, 0.05) is 0 Å². The number of H-pyrrole nitrogens is 1. The molecule has 1 aromatic heterocycles.